The van der Waals surface area contributed by atoms with Crippen molar-refractivity contribution < 1.29 is 4.74 Å². The van der Waals surface area contributed by atoms with Crippen molar-refractivity contribution in [3.63, 3.8) is 0 Å². The Hall–Kier alpha value is -0.900. The molecule has 0 spiro atoms. The van der Waals surface area contributed by atoms with Crippen LogP contribution in [0.5, 0.6) is 0 Å². The van der Waals surface area contributed by atoms with Crippen molar-refractivity contribution in [1.29, 1.82) is 0 Å². The fourth-order valence-electron chi connectivity index (χ4n) is 4.25. The molecule has 1 aromatic carbocycles. The molecule has 0 saturated carbocycles. The third-order valence-corrected chi connectivity index (χ3v) is 6.01. The van der Waals surface area contributed by atoms with Crippen LogP contribution in [0.1, 0.15) is 44.7 Å². The molecule has 2 fully saturated rings. The maximum Gasteiger partial charge on any atom is 0.191 e. The van der Waals surface area contributed by atoms with Crippen molar-refractivity contribution in [2.75, 3.05) is 59.5 Å². The molecule has 2 unspecified atom stereocenters. The standard InChI is InChI=1S/C23H39N5O.HI/c1-4-24-22(26-19-23(2)12-8-17-29-23)25-13-9-14-28-16-15-27(3)18-21(28)20-10-6-5-7-11-20;/h5-7,10-11,21H,4,8-9,12-19H2,1-3H3,(H2,24,25,26);1H. The fraction of sp³-hybridized carbons (Fsp3) is 0.696. The Morgan fingerprint density at radius 2 is 2.03 bits per heavy atom. The van der Waals surface area contributed by atoms with Crippen molar-refractivity contribution in [1.82, 2.24) is 20.4 Å². The summed E-state index contributed by atoms with van der Waals surface area (Å²) >= 11 is 0. The number of guanidine groups is 1. The van der Waals surface area contributed by atoms with E-state index in [9.17, 15) is 0 Å². The number of aliphatic imine (C=N–C) groups is 1. The van der Waals surface area contributed by atoms with Gasteiger partial charge in [0.15, 0.2) is 5.96 Å². The summed E-state index contributed by atoms with van der Waals surface area (Å²) < 4.78 is 5.86. The molecule has 2 atom stereocenters. The lowest BCUT2D eigenvalue weighted by Gasteiger charge is -2.40. The molecule has 2 heterocycles. The van der Waals surface area contributed by atoms with Gasteiger partial charge < -0.3 is 20.3 Å². The molecule has 2 N–H and O–H groups in total. The number of hydrogen-bond acceptors (Lipinski definition) is 4. The minimum Gasteiger partial charge on any atom is -0.373 e. The van der Waals surface area contributed by atoms with Gasteiger partial charge in [0.1, 0.15) is 0 Å². The van der Waals surface area contributed by atoms with Crippen LogP contribution in [0.25, 0.3) is 0 Å². The lowest BCUT2D eigenvalue weighted by atomic mass is 10.0. The Balaban J connectivity index is 0.00000320. The van der Waals surface area contributed by atoms with E-state index >= 15 is 0 Å². The topological polar surface area (TPSA) is 52.1 Å². The monoisotopic (exact) mass is 529 g/mol. The van der Waals surface area contributed by atoms with Crippen LogP contribution in [0.4, 0.5) is 0 Å². The van der Waals surface area contributed by atoms with Crippen molar-refractivity contribution in [3.05, 3.63) is 35.9 Å². The Bertz CT molecular complexity index is 636. The van der Waals surface area contributed by atoms with Crippen LogP contribution < -0.4 is 10.6 Å². The number of piperazine rings is 1. The second-order valence-corrected chi connectivity index (χ2v) is 8.60. The van der Waals surface area contributed by atoms with E-state index in [2.05, 4.69) is 71.7 Å². The van der Waals surface area contributed by atoms with Crippen LogP contribution in [-0.2, 0) is 4.74 Å². The molecule has 2 aliphatic rings. The van der Waals surface area contributed by atoms with Crippen LogP contribution in [0.3, 0.4) is 0 Å². The normalized spacial score (nSPS) is 25.7. The van der Waals surface area contributed by atoms with Gasteiger partial charge >= 0.3 is 0 Å². The number of nitrogens with zero attached hydrogens (tertiary/aromatic N) is 3. The highest BCUT2D eigenvalue weighted by atomic mass is 127. The fourth-order valence-corrected chi connectivity index (χ4v) is 4.25. The van der Waals surface area contributed by atoms with Gasteiger partial charge in [-0.3, -0.25) is 9.89 Å². The molecule has 0 bridgehead atoms. The van der Waals surface area contributed by atoms with E-state index in [0.717, 1.165) is 77.6 Å². The minimum absolute atomic E-state index is 0. The highest BCUT2D eigenvalue weighted by Gasteiger charge is 2.29. The van der Waals surface area contributed by atoms with E-state index in [-0.39, 0.29) is 29.6 Å². The van der Waals surface area contributed by atoms with Gasteiger partial charge in [0.05, 0.1) is 12.1 Å². The smallest absolute Gasteiger partial charge is 0.191 e. The van der Waals surface area contributed by atoms with Crippen molar-refractivity contribution in [2.24, 2.45) is 4.99 Å². The summed E-state index contributed by atoms with van der Waals surface area (Å²) in [6.07, 6.45) is 3.34. The van der Waals surface area contributed by atoms with Gasteiger partial charge in [-0.05, 0) is 45.7 Å². The summed E-state index contributed by atoms with van der Waals surface area (Å²) in [5.41, 5.74) is 1.33. The summed E-state index contributed by atoms with van der Waals surface area (Å²) in [5.74, 6) is 0.905. The first kappa shape index (κ1) is 25.4. The predicted octanol–water partition coefficient (Wildman–Crippen LogP) is 3.11. The van der Waals surface area contributed by atoms with Crippen molar-refractivity contribution >= 4 is 29.9 Å². The number of ether oxygens (including phenoxy) is 1. The van der Waals surface area contributed by atoms with E-state index in [0.29, 0.717) is 6.04 Å². The molecule has 2 aliphatic heterocycles. The van der Waals surface area contributed by atoms with Crippen LogP contribution in [0.2, 0.25) is 0 Å². The molecule has 2 saturated heterocycles. The molecule has 1 aromatic rings. The van der Waals surface area contributed by atoms with Crippen LogP contribution >= 0.6 is 24.0 Å². The molecule has 6 nitrogen and oxygen atoms in total. The average Bonchev–Trinajstić information content (AvgIpc) is 3.17. The van der Waals surface area contributed by atoms with Crippen LogP contribution in [0, 0.1) is 0 Å². The maximum absolute atomic E-state index is 5.86. The number of benzene rings is 1. The highest BCUT2D eigenvalue weighted by Crippen LogP contribution is 2.25. The van der Waals surface area contributed by atoms with Crippen LogP contribution in [0.15, 0.2) is 35.3 Å². The quantitative estimate of drug-likeness (QED) is 0.235. The molecule has 0 radical (unpaired) electrons. The molecular formula is C23H40IN5O. The number of likely N-dealkylation sites (N-methyl/N-ethyl adjacent to an activating group) is 1. The molecule has 0 aromatic heterocycles. The summed E-state index contributed by atoms with van der Waals surface area (Å²) in [7, 11) is 2.22. The van der Waals surface area contributed by atoms with Gasteiger partial charge in [0, 0.05) is 51.9 Å². The van der Waals surface area contributed by atoms with E-state index in [4.69, 9.17) is 9.73 Å². The zero-order valence-electron chi connectivity index (χ0n) is 18.9. The maximum atomic E-state index is 5.86. The van der Waals surface area contributed by atoms with E-state index in [1.807, 2.05) is 0 Å². The minimum atomic E-state index is -0.0922. The molecule has 7 heteroatoms. The Morgan fingerprint density at radius 3 is 2.73 bits per heavy atom. The number of hydrogen-bond donors (Lipinski definition) is 2. The SMILES string of the molecule is CCNC(=NCC1(C)CCCO1)NCCCN1CCN(C)CC1c1ccccc1.I. The third-order valence-electron chi connectivity index (χ3n) is 6.01. The van der Waals surface area contributed by atoms with Gasteiger partial charge in [-0.2, -0.15) is 0 Å². The van der Waals surface area contributed by atoms with Gasteiger partial charge in [-0.15, -0.1) is 24.0 Å². The van der Waals surface area contributed by atoms with Crippen molar-refractivity contribution in [2.45, 2.75) is 44.8 Å². The first-order valence-corrected chi connectivity index (χ1v) is 11.2. The average molecular weight is 530 g/mol. The number of rotatable bonds is 8. The highest BCUT2D eigenvalue weighted by molar-refractivity contribution is 14.0. The third kappa shape index (κ3) is 7.66. The largest absolute Gasteiger partial charge is 0.373 e. The molecule has 0 aliphatic carbocycles. The molecular weight excluding hydrogens is 489 g/mol. The molecule has 170 valence electrons. The molecule has 3 rings (SSSR count). The second kappa shape index (κ2) is 12.8. The molecule has 0 amide bonds. The lowest BCUT2D eigenvalue weighted by Crippen LogP contribution is -2.47. The first-order valence-electron chi connectivity index (χ1n) is 11.2. The van der Waals surface area contributed by atoms with Gasteiger partial charge in [0.2, 0.25) is 0 Å². The summed E-state index contributed by atoms with van der Waals surface area (Å²) in [6, 6.07) is 11.4. The Kier molecular flexibility index (Phi) is 10.8. The predicted molar refractivity (Wildman–Crippen MR) is 136 cm³/mol. The first-order chi connectivity index (χ1) is 14.1. The summed E-state index contributed by atoms with van der Waals surface area (Å²) in [6.45, 7) is 12.1. The van der Waals surface area contributed by atoms with E-state index in [1.54, 1.807) is 0 Å². The van der Waals surface area contributed by atoms with Gasteiger partial charge in [0.25, 0.3) is 0 Å². The van der Waals surface area contributed by atoms with Crippen molar-refractivity contribution in [3.8, 4) is 0 Å². The zero-order chi connectivity index (χ0) is 20.5. The number of nitrogens with one attached hydrogen (secondary N) is 2. The van der Waals surface area contributed by atoms with Crippen LogP contribution in [-0.4, -0.2) is 80.8 Å². The van der Waals surface area contributed by atoms with E-state index < -0.39 is 0 Å². The van der Waals surface area contributed by atoms with Gasteiger partial charge in [-0.25, -0.2) is 0 Å². The lowest BCUT2D eigenvalue weighted by molar-refractivity contribution is 0.0283. The Morgan fingerprint density at radius 1 is 1.23 bits per heavy atom. The summed E-state index contributed by atoms with van der Waals surface area (Å²) in [5, 5.41) is 6.88. The second-order valence-electron chi connectivity index (χ2n) is 8.60. The zero-order valence-corrected chi connectivity index (χ0v) is 21.2. The van der Waals surface area contributed by atoms with E-state index in [1.165, 1.54) is 5.56 Å². The molecule has 30 heavy (non-hydrogen) atoms. The Labute approximate surface area is 199 Å². The number of halogens is 1. The van der Waals surface area contributed by atoms with Gasteiger partial charge in [-0.1, -0.05) is 30.3 Å². The summed E-state index contributed by atoms with van der Waals surface area (Å²) in [4.78, 5) is 9.85.